The number of hydrogen-bond donors (Lipinski definition) is 1. The number of hydrogen-bond acceptors (Lipinski definition) is 7. The van der Waals surface area contributed by atoms with Gasteiger partial charge in [-0.2, -0.15) is 4.31 Å². The average Bonchev–Trinajstić information content (AvgIpc) is 2.73. The van der Waals surface area contributed by atoms with E-state index in [2.05, 4.69) is 4.98 Å². The van der Waals surface area contributed by atoms with Gasteiger partial charge in [0.15, 0.2) is 11.5 Å². The van der Waals surface area contributed by atoms with Gasteiger partial charge in [-0.1, -0.05) is 0 Å². The van der Waals surface area contributed by atoms with Crippen LogP contribution >= 0.6 is 0 Å². The first-order valence-corrected chi connectivity index (χ1v) is 10.4. The maximum absolute atomic E-state index is 13.1. The first kappa shape index (κ1) is 20.9. The molecule has 156 valence electrons. The highest BCUT2D eigenvalue weighted by Gasteiger charge is 2.32. The van der Waals surface area contributed by atoms with Gasteiger partial charge >= 0.3 is 0 Å². The minimum atomic E-state index is -3.74. The Morgan fingerprint density at radius 2 is 1.93 bits per heavy atom. The highest BCUT2D eigenvalue weighted by atomic mass is 32.2. The zero-order valence-corrected chi connectivity index (χ0v) is 17.0. The first-order valence-electron chi connectivity index (χ1n) is 9.00. The van der Waals surface area contributed by atoms with Gasteiger partial charge < -0.3 is 19.9 Å². The molecule has 1 atom stereocenters. The van der Waals surface area contributed by atoms with Crippen LogP contribution in [0.5, 0.6) is 17.2 Å². The SMILES string of the molecule is COc1ccc(S(=O)(=O)N2CCCC(Oc3ccnc(C(N)=O)c3)C2)cc1OC. The number of nitrogens with zero attached hydrogens (tertiary/aromatic N) is 2. The van der Waals surface area contributed by atoms with Gasteiger partial charge in [0.05, 0.1) is 25.7 Å². The van der Waals surface area contributed by atoms with Crippen molar-refractivity contribution < 1.29 is 27.4 Å². The highest BCUT2D eigenvalue weighted by Crippen LogP contribution is 2.31. The Morgan fingerprint density at radius 3 is 2.62 bits per heavy atom. The molecule has 1 aliphatic heterocycles. The Bertz CT molecular complexity index is 995. The summed E-state index contributed by atoms with van der Waals surface area (Å²) in [5.74, 6) is 0.560. The van der Waals surface area contributed by atoms with E-state index in [0.29, 0.717) is 36.6 Å². The van der Waals surface area contributed by atoms with Crippen LogP contribution in [0.25, 0.3) is 0 Å². The fraction of sp³-hybridized carbons (Fsp3) is 0.368. The van der Waals surface area contributed by atoms with Crippen LogP contribution in [-0.2, 0) is 10.0 Å². The van der Waals surface area contributed by atoms with Crippen LogP contribution in [0.3, 0.4) is 0 Å². The van der Waals surface area contributed by atoms with Crippen molar-refractivity contribution in [2.75, 3.05) is 27.3 Å². The lowest BCUT2D eigenvalue weighted by Crippen LogP contribution is -2.44. The number of rotatable bonds is 7. The smallest absolute Gasteiger partial charge is 0.267 e. The van der Waals surface area contributed by atoms with Crippen LogP contribution in [0.1, 0.15) is 23.3 Å². The number of sulfonamides is 1. The maximum atomic E-state index is 13.1. The van der Waals surface area contributed by atoms with Crippen molar-refractivity contribution in [3.8, 4) is 17.2 Å². The molecule has 0 bridgehead atoms. The molecule has 2 aromatic rings. The number of benzene rings is 1. The van der Waals surface area contributed by atoms with Crippen molar-refractivity contribution in [1.29, 1.82) is 0 Å². The molecule has 1 fully saturated rings. The van der Waals surface area contributed by atoms with Crippen LogP contribution in [-0.4, -0.2) is 57.0 Å². The summed E-state index contributed by atoms with van der Waals surface area (Å²) in [4.78, 5) is 15.3. The number of amides is 1. The van der Waals surface area contributed by atoms with E-state index >= 15 is 0 Å². The normalized spacial score (nSPS) is 17.5. The molecule has 1 aromatic carbocycles. The van der Waals surface area contributed by atoms with Crippen molar-refractivity contribution in [1.82, 2.24) is 9.29 Å². The van der Waals surface area contributed by atoms with E-state index in [-0.39, 0.29) is 23.2 Å². The third kappa shape index (κ3) is 4.60. The minimum Gasteiger partial charge on any atom is -0.493 e. The highest BCUT2D eigenvalue weighted by molar-refractivity contribution is 7.89. The second-order valence-electron chi connectivity index (χ2n) is 6.50. The number of nitrogens with two attached hydrogens (primary N) is 1. The van der Waals surface area contributed by atoms with Gasteiger partial charge in [0.2, 0.25) is 10.0 Å². The van der Waals surface area contributed by atoms with Crippen LogP contribution < -0.4 is 19.9 Å². The van der Waals surface area contributed by atoms with E-state index in [4.69, 9.17) is 19.9 Å². The van der Waals surface area contributed by atoms with Crippen molar-refractivity contribution in [3.63, 3.8) is 0 Å². The van der Waals surface area contributed by atoms with Gasteiger partial charge in [-0.25, -0.2) is 8.42 Å². The second kappa shape index (κ2) is 8.66. The molecule has 29 heavy (non-hydrogen) atoms. The largest absolute Gasteiger partial charge is 0.493 e. The van der Waals surface area contributed by atoms with E-state index in [1.165, 1.54) is 42.9 Å². The molecule has 1 aromatic heterocycles. The number of piperidine rings is 1. The molecule has 3 rings (SSSR count). The lowest BCUT2D eigenvalue weighted by atomic mass is 10.1. The zero-order chi connectivity index (χ0) is 21.0. The number of primary amides is 1. The van der Waals surface area contributed by atoms with Gasteiger partial charge in [0, 0.05) is 24.9 Å². The summed E-state index contributed by atoms with van der Waals surface area (Å²) in [6.07, 6.45) is 2.40. The summed E-state index contributed by atoms with van der Waals surface area (Å²) in [7, 11) is -0.795. The van der Waals surface area contributed by atoms with Crippen LogP contribution in [0, 0.1) is 0 Å². The Labute approximate surface area is 169 Å². The van der Waals surface area contributed by atoms with Gasteiger partial charge in [-0.05, 0) is 31.0 Å². The molecular weight excluding hydrogens is 398 g/mol. The molecular formula is C19H23N3O6S. The molecule has 2 heterocycles. The summed E-state index contributed by atoms with van der Waals surface area (Å²) in [6.45, 7) is 0.574. The number of pyridine rings is 1. The maximum Gasteiger partial charge on any atom is 0.267 e. The predicted molar refractivity (Wildman–Crippen MR) is 105 cm³/mol. The summed E-state index contributed by atoms with van der Waals surface area (Å²) in [5.41, 5.74) is 5.33. The topological polar surface area (TPSA) is 121 Å². The monoisotopic (exact) mass is 421 g/mol. The quantitative estimate of drug-likeness (QED) is 0.718. The van der Waals surface area contributed by atoms with Crippen LogP contribution in [0.15, 0.2) is 41.4 Å². The molecule has 0 radical (unpaired) electrons. The van der Waals surface area contributed by atoms with Gasteiger partial charge in [0.1, 0.15) is 17.5 Å². The van der Waals surface area contributed by atoms with Gasteiger partial charge in [-0.15, -0.1) is 0 Å². The third-order valence-electron chi connectivity index (χ3n) is 4.62. The Kier molecular flexibility index (Phi) is 6.23. The summed E-state index contributed by atoms with van der Waals surface area (Å²) in [5, 5.41) is 0. The number of carbonyl (C=O) groups is 1. The molecule has 9 nitrogen and oxygen atoms in total. The van der Waals surface area contributed by atoms with Crippen LogP contribution in [0.4, 0.5) is 0 Å². The predicted octanol–water partition coefficient (Wildman–Crippen LogP) is 1.43. The molecule has 10 heteroatoms. The zero-order valence-electron chi connectivity index (χ0n) is 16.2. The average molecular weight is 421 g/mol. The lowest BCUT2D eigenvalue weighted by molar-refractivity contribution is 0.0993. The fourth-order valence-electron chi connectivity index (χ4n) is 3.16. The van der Waals surface area contributed by atoms with E-state index in [0.717, 1.165) is 0 Å². The molecule has 0 spiro atoms. The fourth-order valence-corrected chi connectivity index (χ4v) is 4.68. The molecule has 1 unspecified atom stereocenters. The van der Waals surface area contributed by atoms with Crippen molar-refractivity contribution in [2.24, 2.45) is 5.73 Å². The van der Waals surface area contributed by atoms with E-state index < -0.39 is 15.9 Å². The number of methoxy groups -OCH3 is 2. The van der Waals surface area contributed by atoms with Crippen molar-refractivity contribution >= 4 is 15.9 Å². The van der Waals surface area contributed by atoms with Gasteiger partial charge in [-0.3, -0.25) is 9.78 Å². The molecule has 0 saturated carbocycles. The standard InChI is InChI=1S/C19H23N3O6S/c1-26-17-6-5-15(11-18(17)27-2)29(24,25)22-9-3-4-14(12-22)28-13-7-8-21-16(10-13)19(20)23/h5-8,10-11,14H,3-4,9,12H2,1-2H3,(H2,20,23). The molecule has 0 aliphatic carbocycles. The Morgan fingerprint density at radius 1 is 1.17 bits per heavy atom. The van der Waals surface area contributed by atoms with Crippen molar-refractivity contribution in [3.05, 3.63) is 42.2 Å². The molecule has 1 aliphatic rings. The minimum absolute atomic E-state index is 0.0908. The lowest BCUT2D eigenvalue weighted by Gasteiger charge is -2.32. The van der Waals surface area contributed by atoms with Gasteiger partial charge in [0.25, 0.3) is 5.91 Å². The summed E-state index contributed by atoms with van der Waals surface area (Å²) >= 11 is 0. The second-order valence-corrected chi connectivity index (χ2v) is 8.44. The van der Waals surface area contributed by atoms with Crippen LogP contribution in [0.2, 0.25) is 0 Å². The summed E-state index contributed by atoms with van der Waals surface area (Å²) in [6, 6.07) is 7.55. The molecule has 1 saturated heterocycles. The number of ether oxygens (including phenoxy) is 3. The molecule has 1 amide bonds. The summed E-state index contributed by atoms with van der Waals surface area (Å²) < 4.78 is 43.9. The first-order chi connectivity index (χ1) is 13.8. The Hall–Kier alpha value is -2.85. The Balaban J connectivity index is 1.77. The molecule has 2 N–H and O–H groups in total. The van der Waals surface area contributed by atoms with E-state index in [1.807, 2.05) is 0 Å². The van der Waals surface area contributed by atoms with Crippen molar-refractivity contribution in [2.45, 2.75) is 23.8 Å². The number of carbonyl (C=O) groups excluding carboxylic acids is 1. The third-order valence-corrected chi connectivity index (χ3v) is 6.48. The van der Waals surface area contributed by atoms with E-state index in [1.54, 1.807) is 12.1 Å². The number of aromatic nitrogens is 1. The van der Waals surface area contributed by atoms with E-state index in [9.17, 15) is 13.2 Å².